The van der Waals surface area contributed by atoms with Crippen molar-refractivity contribution < 1.29 is 19.8 Å². The van der Waals surface area contributed by atoms with Crippen LogP contribution < -0.4 is 0 Å². The Balaban J connectivity index is 0.000000481. The second-order valence-corrected chi connectivity index (χ2v) is 8.88. The van der Waals surface area contributed by atoms with E-state index in [1.165, 1.54) is 75.0 Å². The summed E-state index contributed by atoms with van der Waals surface area (Å²) in [5.74, 6) is -1.33. The van der Waals surface area contributed by atoms with Crippen LogP contribution in [0.2, 0.25) is 0 Å². The van der Waals surface area contributed by atoms with E-state index in [0.29, 0.717) is 12.8 Å². The van der Waals surface area contributed by atoms with Crippen molar-refractivity contribution in [3.05, 3.63) is 48.5 Å². The van der Waals surface area contributed by atoms with Gasteiger partial charge in [0.15, 0.2) is 0 Å². The van der Waals surface area contributed by atoms with Crippen molar-refractivity contribution in [1.82, 2.24) is 0 Å². The van der Waals surface area contributed by atoms with E-state index in [1.807, 2.05) is 0 Å². The molecule has 2 aromatic rings. The number of hydrogen-bond donors (Lipinski definition) is 2. The first-order valence-electron chi connectivity index (χ1n) is 13.4. The Morgan fingerprint density at radius 1 is 0.500 bits per heavy atom. The number of benzene rings is 2. The van der Waals surface area contributed by atoms with Crippen LogP contribution >= 0.6 is 0 Å². The molecule has 0 spiro atoms. The zero-order chi connectivity index (χ0) is 25.3. The highest BCUT2D eigenvalue weighted by atomic mass is 16.4. The SMILES string of the molecule is CCCCCCCCCC(=O)O.CCCCCCCCCC(=O)O.c1ccc2ccccc2c1. The van der Waals surface area contributed by atoms with Gasteiger partial charge in [0, 0.05) is 12.8 Å². The Morgan fingerprint density at radius 2 is 0.765 bits per heavy atom. The maximum absolute atomic E-state index is 10.1. The lowest BCUT2D eigenvalue weighted by molar-refractivity contribution is -0.138. The number of carboxylic acid groups (broad SMARTS) is 2. The molecule has 0 bridgehead atoms. The Kier molecular flexibility index (Phi) is 22.1. The molecule has 4 heteroatoms. The highest BCUT2D eigenvalue weighted by Gasteiger charge is 1.96. The van der Waals surface area contributed by atoms with Crippen LogP contribution in [0.3, 0.4) is 0 Å². The molecule has 4 nitrogen and oxygen atoms in total. The molecule has 34 heavy (non-hydrogen) atoms. The minimum atomic E-state index is -0.663. The van der Waals surface area contributed by atoms with Crippen LogP contribution in [-0.4, -0.2) is 22.2 Å². The Bertz CT molecular complexity index is 648. The van der Waals surface area contributed by atoms with E-state index in [2.05, 4.69) is 62.4 Å². The first-order chi connectivity index (χ1) is 16.5. The van der Waals surface area contributed by atoms with Crippen LogP contribution in [0.15, 0.2) is 48.5 Å². The minimum Gasteiger partial charge on any atom is -0.481 e. The largest absolute Gasteiger partial charge is 0.481 e. The van der Waals surface area contributed by atoms with E-state index >= 15 is 0 Å². The average Bonchev–Trinajstić information content (AvgIpc) is 2.83. The summed E-state index contributed by atoms with van der Waals surface area (Å²) in [7, 11) is 0. The maximum atomic E-state index is 10.1. The van der Waals surface area contributed by atoms with Crippen LogP contribution in [0.25, 0.3) is 10.8 Å². The van der Waals surface area contributed by atoms with Gasteiger partial charge in [-0.1, -0.05) is 139 Å². The summed E-state index contributed by atoms with van der Waals surface area (Å²) in [6.45, 7) is 4.40. The Hall–Kier alpha value is -2.36. The second-order valence-electron chi connectivity index (χ2n) is 8.88. The van der Waals surface area contributed by atoms with Gasteiger partial charge in [0.2, 0.25) is 0 Å². The molecule has 192 valence electrons. The quantitative estimate of drug-likeness (QED) is 0.239. The standard InChI is InChI=1S/2C10H20O2.C10H8/c2*1-2-3-4-5-6-7-8-9-10(11)12;1-2-6-10-8-4-3-7-9(10)5-1/h2*2-9H2,1H3,(H,11,12);1-8H. The molecular weight excluding hydrogens is 424 g/mol. The number of hydrogen-bond acceptors (Lipinski definition) is 2. The number of rotatable bonds is 16. The van der Waals surface area contributed by atoms with E-state index in [0.717, 1.165) is 25.7 Å². The normalized spacial score (nSPS) is 10.1. The minimum absolute atomic E-state index is 0.341. The first-order valence-corrected chi connectivity index (χ1v) is 13.4. The van der Waals surface area contributed by atoms with Gasteiger partial charge in [0.05, 0.1) is 0 Å². The van der Waals surface area contributed by atoms with Crippen molar-refractivity contribution in [2.75, 3.05) is 0 Å². The van der Waals surface area contributed by atoms with Crippen molar-refractivity contribution in [2.45, 2.75) is 117 Å². The molecule has 0 heterocycles. The van der Waals surface area contributed by atoms with Crippen LogP contribution in [0.5, 0.6) is 0 Å². The average molecular weight is 473 g/mol. The van der Waals surface area contributed by atoms with Gasteiger partial charge < -0.3 is 10.2 Å². The van der Waals surface area contributed by atoms with Crippen molar-refractivity contribution in [3.8, 4) is 0 Å². The lowest BCUT2D eigenvalue weighted by atomic mass is 10.1. The third-order valence-electron chi connectivity index (χ3n) is 5.65. The van der Waals surface area contributed by atoms with Gasteiger partial charge in [-0.3, -0.25) is 9.59 Å². The number of carbonyl (C=O) groups is 2. The molecule has 2 aromatic carbocycles. The molecule has 0 aromatic heterocycles. The molecule has 0 atom stereocenters. The molecule has 0 amide bonds. The smallest absolute Gasteiger partial charge is 0.303 e. The van der Waals surface area contributed by atoms with Crippen molar-refractivity contribution in [1.29, 1.82) is 0 Å². The fraction of sp³-hybridized carbons (Fsp3) is 0.600. The van der Waals surface area contributed by atoms with E-state index in [1.54, 1.807) is 0 Å². The molecule has 0 saturated carbocycles. The second kappa shape index (κ2) is 23.8. The molecule has 0 radical (unpaired) electrons. The van der Waals surface area contributed by atoms with Gasteiger partial charge in [-0.05, 0) is 23.6 Å². The van der Waals surface area contributed by atoms with E-state index in [9.17, 15) is 9.59 Å². The first kappa shape index (κ1) is 31.6. The highest BCUT2D eigenvalue weighted by Crippen LogP contribution is 2.11. The number of fused-ring (bicyclic) bond motifs is 1. The molecule has 0 aliphatic heterocycles. The zero-order valence-electron chi connectivity index (χ0n) is 21.6. The van der Waals surface area contributed by atoms with E-state index in [4.69, 9.17) is 10.2 Å². The fourth-order valence-corrected chi connectivity index (χ4v) is 3.60. The van der Waals surface area contributed by atoms with Gasteiger partial charge in [0.1, 0.15) is 0 Å². The zero-order valence-corrected chi connectivity index (χ0v) is 21.6. The Morgan fingerprint density at radius 3 is 1.03 bits per heavy atom. The van der Waals surface area contributed by atoms with Crippen LogP contribution in [0.1, 0.15) is 117 Å². The molecule has 0 aliphatic carbocycles. The lowest BCUT2D eigenvalue weighted by Gasteiger charge is -1.98. The molecule has 0 fully saturated rings. The molecule has 0 saturated heterocycles. The van der Waals surface area contributed by atoms with Gasteiger partial charge in [0.25, 0.3) is 0 Å². The molecule has 2 N–H and O–H groups in total. The number of unbranched alkanes of at least 4 members (excludes halogenated alkanes) is 12. The van der Waals surface area contributed by atoms with E-state index in [-0.39, 0.29) is 0 Å². The topological polar surface area (TPSA) is 74.6 Å². The molecule has 0 unspecified atom stereocenters. The number of aliphatic carboxylic acids is 2. The van der Waals surface area contributed by atoms with Crippen LogP contribution in [-0.2, 0) is 9.59 Å². The number of carboxylic acids is 2. The summed E-state index contributed by atoms with van der Waals surface area (Å²) < 4.78 is 0. The van der Waals surface area contributed by atoms with Crippen molar-refractivity contribution in [2.24, 2.45) is 0 Å². The van der Waals surface area contributed by atoms with Gasteiger partial charge in [-0.25, -0.2) is 0 Å². The Labute approximate surface area is 207 Å². The summed E-state index contributed by atoms with van der Waals surface area (Å²) >= 11 is 0. The molecule has 2 rings (SSSR count). The monoisotopic (exact) mass is 472 g/mol. The highest BCUT2D eigenvalue weighted by molar-refractivity contribution is 5.82. The fourth-order valence-electron chi connectivity index (χ4n) is 3.60. The van der Waals surface area contributed by atoms with Gasteiger partial charge in [-0.2, -0.15) is 0 Å². The van der Waals surface area contributed by atoms with Crippen molar-refractivity contribution >= 4 is 22.7 Å². The predicted molar refractivity (Wildman–Crippen MR) is 144 cm³/mol. The summed E-state index contributed by atoms with van der Waals surface area (Å²) in [6.07, 6.45) is 17.3. The third-order valence-corrected chi connectivity index (χ3v) is 5.65. The van der Waals surface area contributed by atoms with Crippen molar-refractivity contribution in [3.63, 3.8) is 0 Å². The van der Waals surface area contributed by atoms with Crippen LogP contribution in [0, 0.1) is 0 Å². The summed E-state index contributed by atoms with van der Waals surface area (Å²) in [6, 6.07) is 16.7. The summed E-state index contributed by atoms with van der Waals surface area (Å²) in [4.78, 5) is 20.3. The third kappa shape index (κ3) is 21.5. The molecular formula is C30H48O4. The van der Waals surface area contributed by atoms with Gasteiger partial charge in [-0.15, -0.1) is 0 Å². The summed E-state index contributed by atoms with van der Waals surface area (Å²) in [5.41, 5.74) is 0. The summed E-state index contributed by atoms with van der Waals surface area (Å²) in [5, 5.41) is 19.3. The van der Waals surface area contributed by atoms with Crippen LogP contribution in [0.4, 0.5) is 0 Å². The molecule has 0 aliphatic rings. The van der Waals surface area contributed by atoms with E-state index < -0.39 is 11.9 Å². The predicted octanol–water partition coefficient (Wildman–Crippen LogP) is 9.26. The van der Waals surface area contributed by atoms with Gasteiger partial charge >= 0.3 is 11.9 Å². The maximum Gasteiger partial charge on any atom is 0.303 e. The lowest BCUT2D eigenvalue weighted by Crippen LogP contribution is -1.93.